The highest BCUT2D eigenvalue weighted by Crippen LogP contribution is 2.41. The Morgan fingerprint density at radius 2 is 1.90 bits per heavy atom. The van der Waals surface area contributed by atoms with Gasteiger partial charge in [0.15, 0.2) is 0 Å². The molecule has 3 rings (SSSR count). The van der Waals surface area contributed by atoms with Crippen LogP contribution in [0.1, 0.15) is 24.0 Å². The van der Waals surface area contributed by atoms with Gasteiger partial charge in [-0.25, -0.2) is 0 Å². The molecule has 20 heavy (non-hydrogen) atoms. The molecular weight excluding hydrogens is 263 g/mol. The van der Waals surface area contributed by atoms with Crippen LogP contribution in [0.25, 0.3) is 5.57 Å². The molecule has 0 bridgehead atoms. The summed E-state index contributed by atoms with van der Waals surface area (Å²) in [4.78, 5) is 3.45. The zero-order valence-electron chi connectivity index (χ0n) is 11.1. The quantitative estimate of drug-likeness (QED) is 0.677. The number of benzene rings is 1. The van der Waals surface area contributed by atoms with Gasteiger partial charge in [0.25, 0.3) is 0 Å². The van der Waals surface area contributed by atoms with Crippen LogP contribution in [0.4, 0.5) is 13.2 Å². The van der Waals surface area contributed by atoms with E-state index in [-0.39, 0.29) is 0 Å². The van der Waals surface area contributed by atoms with Crippen molar-refractivity contribution in [2.24, 2.45) is 4.99 Å². The van der Waals surface area contributed by atoms with Crippen LogP contribution >= 0.6 is 0 Å². The van der Waals surface area contributed by atoms with Crippen molar-refractivity contribution in [3.8, 4) is 0 Å². The number of alkyl halides is 3. The second-order valence-corrected chi connectivity index (χ2v) is 5.08. The number of hydrogen-bond acceptors (Lipinski definition) is 1. The molecule has 0 saturated carbocycles. The maximum Gasteiger partial charge on any atom is 0.433 e. The van der Waals surface area contributed by atoms with Crippen molar-refractivity contribution in [1.29, 1.82) is 0 Å². The van der Waals surface area contributed by atoms with E-state index in [4.69, 9.17) is 0 Å². The monoisotopic (exact) mass is 277 g/mol. The molecule has 0 aromatic heterocycles. The fourth-order valence-electron chi connectivity index (χ4n) is 3.07. The first kappa shape index (κ1) is 13.2. The summed E-state index contributed by atoms with van der Waals surface area (Å²) in [7, 11) is 1.21. The van der Waals surface area contributed by atoms with Crippen molar-refractivity contribution in [2.45, 2.75) is 25.4 Å². The molecule has 2 aliphatic rings. The van der Waals surface area contributed by atoms with Crippen LogP contribution in [0.2, 0.25) is 0 Å². The number of allylic oxidation sites excluding steroid dienone is 4. The van der Waals surface area contributed by atoms with Gasteiger partial charge in [-0.05, 0) is 47.1 Å². The van der Waals surface area contributed by atoms with Crippen LogP contribution < -0.4 is 0 Å². The average molecular weight is 277 g/mol. The Kier molecular flexibility index (Phi) is 3.04. The second-order valence-electron chi connectivity index (χ2n) is 5.08. The Labute approximate surface area is 115 Å². The molecule has 0 aliphatic heterocycles. The highest BCUT2D eigenvalue weighted by molar-refractivity contribution is 6.05. The molecular formula is C16H14F3N. The third-order valence-corrected chi connectivity index (χ3v) is 3.90. The average Bonchev–Trinajstić information content (AvgIpc) is 2.75. The summed E-state index contributed by atoms with van der Waals surface area (Å²) in [5.74, 6) is 0. The summed E-state index contributed by atoms with van der Waals surface area (Å²) in [6, 6.07) is 8.04. The van der Waals surface area contributed by atoms with E-state index in [2.05, 4.69) is 11.1 Å². The van der Waals surface area contributed by atoms with Crippen LogP contribution in [0.15, 0.2) is 46.5 Å². The lowest BCUT2D eigenvalue weighted by molar-refractivity contribution is -0.0584. The normalized spacial score (nSPS) is 18.8. The molecule has 0 amide bonds. The molecule has 0 atom stereocenters. The van der Waals surface area contributed by atoms with Gasteiger partial charge in [-0.1, -0.05) is 30.3 Å². The minimum absolute atomic E-state index is 0.312. The van der Waals surface area contributed by atoms with Gasteiger partial charge in [-0.2, -0.15) is 13.2 Å². The van der Waals surface area contributed by atoms with Crippen molar-refractivity contribution in [1.82, 2.24) is 0 Å². The van der Waals surface area contributed by atoms with E-state index in [1.54, 1.807) is 6.08 Å². The van der Waals surface area contributed by atoms with Gasteiger partial charge in [-0.15, -0.1) is 0 Å². The number of halogens is 3. The predicted molar refractivity (Wildman–Crippen MR) is 73.8 cm³/mol. The lowest BCUT2D eigenvalue weighted by atomic mass is 9.89. The van der Waals surface area contributed by atoms with Crippen LogP contribution in [0.5, 0.6) is 0 Å². The Morgan fingerprint density at radius 1 is 1.15 bits per heavy atom. The smallest absolute Gasteiger partial charge is 0.284 e. The third-order valence-electron chi connectivity index (χ3n) is 3.90. The predicted octanol–water partition coefficient (Wildman–Crippen LogP) is 4.35. The second kappa shape index (κ2) is 4.62. The molecule has 0 heterocycles. The molecule has 0 spiro atoms. The molecule has 4 heteroatoms. The zero-order valence-corrected chi connectivity index (χ0v) is 11.1. The minimum Gasteiger partial charge on any atom is -0.284 e. The van der Waals surface area contributed by atoms with Crippen molar-refractivity contribution in [3.63, 3.8) is 0 Å². The maximum absolute atomic E-state index is 12.9. The topological polar surface area (TPSA) is 12.4 Å². The van der Waals surface area contributed by atoms with E-state index in [1.165, 1.54) is 23.7 Å². The number of hydrogen-bond donors (Lipinski definition) is 0. The van der Waals surface area contributed by atoms with E-state index >= 15 is 0 Å². The fourth-order valence-corrected chi connectivity index (χ4v) is 3.07. The molecule has 0 fully saturated rings. The summed E-state index contributed by atoms with van der Waals surface area (Å²) in [6.07, 6.45) is -0.894. The lowest BCUT2D eigenvalue weighted by Crippen LogP contribution is -2.25. The molecule has 104 valence electrons. The van der Waals surface area contributed by atoms with Crippen LogP contribution in [-0.4, -0.2) is 18.9 Å². The molecule has 0 radical (unpaired) electrons. The van der Waals surface area contributed by atoms with Crippen molar-refractivity contribution < 1.29 is 13.2 Å². The van der Waals surface area contributed by atoms with E-state index in [1.807, 2.05) is 18.2 Å². The van der Waals surface area contributed by atoms with E-state index in [0.29, 0.717) is 18.4 Å². The van der Waals surface area contributed by atoms with Gasteiger partial charge in [0.2, 0.25) is 0 Å². The standard InChI is InChI=1S/C16H14F3N/c1-20-15(16(17,18)19)11-6-7-14-12(9-11)8-10-4-2-3-5-13(10)14/h2-5,9H,6-8H2,1H3. The van der Waals surface area contributed by atoms with Crippen molar-refractivity contribution in [3.05, 3.63) is 52.6 Å². The Bertz CT molecular complexity index is 648. The molecule has 0 unspecified atom stereocenters. The number of rotatable bonds is 1. The summed E-state index contributed by atoms with van der Waals surface area (Å²) in [5.41, 5.74) is 4.18. The number of aliphatic imine (C=N–C) groups is 1. The van der Waals surface area contributed by atoms with Gasteiger partial charge in [0, 0.05) is 7.05 Å². The van der Waals surface area contributed by atoms with Crippen LogP contribution in [-0.2, 0) is 6.42 Å². The van der Waals surface area contributed by atoms with Gasteiger partial charge in [0.05, 0.1) is 0 Å². The maximum atomic E-state index is 12.9. The third kappa shape index (κ3) is 2.09. The van der Waals surface area contributed by atoms with Crippen molar-refractivity contribution >= 4 is 11.3 Å². The van der Waals surface area contributed by atoms with Gasteiger partial charge >= 0.3 is 6.18 Å². The molecule has 2 aliphatic carbocycles. The molecule has 1 aromatic carbocycles. The Morgan fingerprint density at radius 3 is 2.60 bits per heavy atom. The van der Waals surface area contributed by atoms with Gasteiger partial charge < -0.3 is 0 Å². The number of fused-ring (bicyclic) bond motifs is 2. The summed E-state index contributed by atoms with van der Waals surface area (Å²) in [5, 5.41) is 0. The highest BCUT2D eigenvalue weighted by Gasteiger charge is 2.38. The van der Waals surface area contributed by atoms with E-state index in [0.717, 1.165) is 12.0 Å². The van der Waals surface area contributed by atoms with Crippen LogP contribution in [0, 0.1) is 0 Å². The molecule has 1 aromatic rings. The molecule has 0 N–H and O–H groups in total. The van der Waals surface area contributed by atoms with Crippen LogP contribution in [0.3, 0.4) is 0 Å². The molecule has 0 saturated heterocycles. The van der Waals surface area contributed by atoms with Gasteiger partial charge in [-0.3, -0.25) is 4.99 Å². The summed E-state index contributed by atoms with van der Waals surface area (Å²) in [6.45, 7) is 0. The van der Waals surface area contributed by atoms with Gasteiger partial charge in [0.1, 0.15) is 5.71 Å². The van der Waals surface area contributed by atoms with Crippen molar-refractivity contribution in [2.75, 3.05) is 7.05 Å². The minimum atomic E-state index is -4.37. The first-order valence-electron chi connectivity index (χ1n) is 6.56. The highest BCUT2D eigenvalue weighted by atomic mass is 19.4. The largest absolute Gasteiger partial charge is 0.433 e. The van der Waals surface area contributed by atoms with E-state index < -0.39 is 11.9 Å². The zero-order chi connectivity index (χ0) is 14.3. The Hall–Kier alpha value is -1.84. The van der Waals surface area contributed by atoms with E-state index in [9.17, 15) is 13.2 Å². The summed E-state index contributed by atoms with van der Waals surface area (Å²) < 4.78 is 38.8. The number of nitrogens with zero attached hydrogens (tertiary/aromatic N) is 1. The fraction of sp³-hybridized carbons (Fsp3) is 0.312. The lowest BCUT2D eigenvalue weighted by Gasteiger charge is -2.19. The first-order chi connectivity index (χ1) is 9.50. The first-order valence-corrected chi connectivity index (χ1v) is 6.56. The molecule has 1 nitrogen and oxygen atoms in total. The SMILES string of the molecule is CN=C(C1=CC2=C(CC1)c1ccccc1C2)C(F)(F)F. The Balaban J connectivity index is 1.99. The summed E-state index contributed by atoms with van der Waals surface area (Å²) >= 11 is 0.